The number of hydrogen-bond donors (Lipinski definition) is 1. The summed E-state index contributed by atoms with van der Waals surface area (Å²) in [5.41, 5.74) is 0. The van der Waals surface area contributed by atoms with E-state index in [0.29, 0.717) is 32.2 Å². The first-order chi connectivity index (χ1) is 9.55. The van der Waals surface area contributed by atoms with Crippen molar-refractivity contribution in [2.24, 2.45) is 5.92 Å². The molecule has 0 amide bonds. The molecule has 0 spiro atoms. The quantitative estimate of drug-likeness (QED) is 0.765. The first-order valence-corrected chi connectivity index (χ1v) is 8.97. The summed E-state index contributed by atoms with van der Waals surface area (Å²) >= 11 is 0. The summed E-state index contributed by atoms with van der Waals surface area (Å²) in [5, 5.41) is 3.32. The van der Waals surface area contributed by atoms with Crippen LogP contribution in [0.3, 0.4) is 0 Å². The number of piperidine rings is 1. The van der Waals surface area contributed by atoms with Crippen LogP contribution in [0.25, 0.3) is 0 Å². The highest BCUT2D eigenvalue weighted by molar-refractivity contribution is 7.86. The lowest BCUT2D eigenvalue weighted by atomic mass is 10.00. The Bertz CT molecular complexity index is 396. The molecule has 0 aromatic carbocycles. The highest BCUT2D eigenvalue weighted by atomic mass is 32.2. The van der Waals surface area contributed by atoms with Gasteiger partial charge in [-0.1, -0.05) is 6.92 Å². The Labute approximate surface area is 122 Å². The van der Waals surface area contributed by atoms with Crippen molar-refractivity contribution in [1.29, 1.82) is 0 Å². The van der Waals surface area contributed by atoms with Gasteiger partial charge in [-0.2, -0.15) is 17.0 Å². The molecule has 2 atom stereocenters. The first-order valence-electron chi connectivity index (χ1n) is 7.57. The number of hydrogen-bond acceptors (Lipinski definition) is 4. The van der Waals surface area contributed by atoms with Crippen molar-refractivity contribution in [3.05, 3.63) is 0 Å². The summed E-state index contributed by atoms with van der Waals surface area (Å²) in [6.07, 6.45) is 2.85. The molecule has 0 bridgehead atoms. The molecule has 1 N–H and O–H groups in total. The molecule has 0 aliphatic carbocycles. The smallest absolute Gasteiger partial charge is 0.282 e. The predicted octanol–water partition coefficient (Wildman–Crippen LogP) is 0.273. The van der Waals surface area contributed by atoms with Crippen LogP contribution in [0.15, 0.2) is 0 Å². The zero-order valence-corrected chi connectivity index (χ0v) is 13.4. The number of ether oxygens (including phenoxy) is 1. The Kier molecular flexibility index (Phi) is 5.80. The largest absolute Gasteiger partial charge is 0.380 e. The van der Waals surface area contributed by atoms with Gasteiger partial charge < -0.3 is 10.1 Å². The Morgan fingerprint density at radius 2 is 2.20 bits per heavy atom. The van der Waals surface area contributed by atoms with Crippen LogP contribution in [0, 0.1) is 5.92 Å². The molecule has 2 fully saturated rings. The van der Waals surface area contributed by atoms with Gasteiger partial charge in [-0.3, -0.25) is 0 Å². The van der Waals surface area contributed by atoms with Gasteiger partial charge in [0.15, 0.2) is 0 Å². The minimum atomic E-state index is -3.34. The van der Waals surface area contributed by atoms with Gasteiger partial charge in [-0.25, -0.2) is 0 Å². The zero-order valence-electron chi connectivity index (χ0n) is 12.5. The Balaban J connectivity index is 1.97. The van der Waals surface area contributed by atoms with E-state index in [4.69, 9.17) is 4.74 Å². The van der Waals surface area contributed by atoms with Crippen LogP contribution in [-0.4, -0.2) is 69.5 Å². The standard InChI is InChI=1S/C13H27N3O3S/c1-3-14-9-12-5-4-7-16(10-12)20(17,18)15(2)13-6-8-19-11-13/h12-14H,3-11H2,1-2H3. The van der Waals surface area contributed by atoms with E-state index in [2.05, 4.69) is 12.2 Å². The SMILES string of the molecule is CCNCC1CCCN(S(=O)(=O)N(C)C2CCOC2)C1. The van der Waals surface area contributed by atoms with E-state index in [9.17, 15) is 8.42 Å². The molecule has 0 saturated carbocycles. The van der Waals surface area contributed by atoms with Gasteiger partial charge >= 0.3 is 0 Å². The molecule has 0 aromatic heterocycles. The second-order valence-corrected chi connectivity index (χ2v) is 7.70. The van der Waals surface area contributed by atoms with E-state index in [1.807, 2.05) is 0 Å². The fraction of sp³-hybridized carbons (Fsp3) is 1.00. The Hall–Kier alpha value is -0.210. The molecule has 2 unspecified atom stereocenters. The average molecular weight is 305 g/mol. The molecule has 2 aliphatic rings. The predicted molar refractivity (Wildman–Crippen MR) is 78.7 cm³/mol. The van der Waals surface area contributed by atoms with Crippen LogP contribution >= 0.6 is 0 Å². The summed E-state index contributed by atoms with van der Waals surface area (Å²) in [6.45, 7) is 6.36. The van der Waals surface area contributed by atoms with Gasteiger partial charge in [0.05, 0.1) is 12.6 Å². The topological polar surface area (TPSA) is 61.9 Å². The van der Waals surface area contributed by atoms with Crippen molar-refractivity contribution in [1.82, 2.24) is 13.9 Å². The fourth-order valence-electron chi connectivity index (χ4n) is 2.93. The third kappa shape index (κ3) is 3.71. The van der Waals surface area contributed by atoms with Crippen molar-refractivity contribution in [2.45, 2.75) is 32.2 Å². The van der Waals surface area contributed by atoms with Gasteiger partial charge in [-0.05, 0) is 38.3 Å². The van der Waals surface area contributed by atoms with Crippen LogP contribution in [0.4, 0.5) is 0 Å². The summed E-state index contributed by atoms with van der Waals surface area (Å²) in [4.78, 5) is 0. The van der Waals surface area contributed by atoms with Crippen LogP contribution < -0.4 is 5.32 Å². The second kappa shape index (κ2) is 7.17. The average Bonchev–Trinajstić information content (AvgIpc) is 2.98. The maximum absolute atomic E-state index is 12.7. The van der Waals surface area contributed by atoms with Crippen molar-refractivity contribution in [2.75, 3.05) is 46.4 Å². The van der Waals surface area contributed by atoms with Gasteiger partial charge in [0.1, 0.15) is 0 Å². The Morgan fingerprint density at radius 1 is 1.40 bits per heavy atom. The molecule has 118 valence electrons. The van der Waals surface area contributed by atoms with Crippen molar-refractivity contribution in [3.8, 4) is 0 Å². The fourth-order valence-corrected chi connectivity index (χ4v) is 4.60. The lowest BCUT2D eigenvalue weighted by Crippen LogP contribution is -2.51. The monoisotopic (exact) mass is 305 g/mol. The summed E-state index contributed by atoms with van der Waals surface area (Å²) in [5.74, 6) is 0.423. The van der Waals surface area contributed by atoms with Gasteiger partial charge in [0.2, 0.25) is 0 Å². The summed E-state index contributed by atoms with van der Waals surface area (Å²) in [6, 6.07) is -0.00542. The molecule has 2 aliphatic heterocycles. The molecule has 6 nitrogen and oxygen atoms in total. The lowest BCUT2D eigenvalue weighted by molar-refractivity contribution is 0.176. The maximum Gasteiger partial charge on any atom is 0.282 e. The zero-order chi connectivity index (χ0) is 14.6. The highest BCUT2D eigenvalue weighted by Crippen LogP contribution is 2.23. The molecular weight excluding hydrogens is 278 g/mol. The normalized spacial score (nSPS) is 29.1. The van der Waals surface area contributed by atoms with E-state index in [-0.39, 0.29) is 6.04 Å². The van der Waals surface area contributed by atoms with E-state index in [1.165, 1.54) is 4.31 Å². The van der Waals surface area contributed by atoms with Crippen LogP contribution in [0.5, 0.6) is 0 Å². The molecule has 0 radical (unpaired) electrons. The van der Waals surface area contributed by atoms with Crippen LogP contribution in [0.1, 0.15) is 26.2 Å². The summed E-state index contributed by atoms with van der Waals surface area (Å²) < 4.78 is 33.8. The minimum Gasteiger partial charge on any atom is -0.380 e. The number of nitrogens with zero attached hydrogens (tertiary/aromatic N) is 2. The van der Waals surface area contributed by atoms with Crippen LogP contribution in [0.2, 0.25) is 0 Å². The molecule has 2 heterocycles. The van der Waals surface area contributed by atoms with Crippen LogP contribution in [-0.2, 0) is 14.9 Å². The molecule has 7 heteroatoms. The minimum absolute atomic E-state index is 0.00542. The third-order valence-corrected chi connectivity index (χ3v) is 6.29. The molecule has 2 saturated heterocycles. The lowest BCUT2D eigenvalue weighted by Gasteiger charge is -2.36. The van der Waals surface area contributed by atoms with E-state index in [0.717, 1.165) is 32.4 Å². The maximum atomic E-state index is 12.7. The molecular formula is C13H27N3O3S. The van der Waals surface area contributed by atoms with Crippen molar-refractivity contribution in [3.63, 3.8) is 0 Å². The van der Waals surface area contributed by atoms with E-state index in [1.54, 1.807) is 11.4 Å². The van der Waals surface area contributed by atoms with Crippen molar-refractivity contribution < 1.29 is 13.2 Å². The van der Waals surface area contributed by atoms with E-state index >= 15 is 0 Å². The number of likely N-dealkylation sites (N-methyl/N-ethyl adjacent to an activating group) is 1. The van der Waals surface area contributed by atoms with Crippen molar-refractivity contribution >= 4 is 10.2 Å². The molecule has 0 aromatic rings. The highest BCUT2D eigenvalue weighted by Gasteiger charge is 2.36. The van der Waals surface area contributed by atoms with Gasteiger partial charge in [0, 0.05) is 26.7 Å². The van der Waals surface area contributed by atoms with E-state index < -0.39 is 10.2 Å². The number of nitrogens with one attached hydrogen (secondary N) is 1. The first kappa shape index (κ1) is 16.2. The van der Waals surface area contributed by atoms with Gasteiger partial charge in [0.25, 0.3) is 10.2 Å². The van der Waals surface area contributed by atoms with Gasteiger partial charge in [-0.15, -0.1) is 0 Å². The third-order valence-electron chi connectivity index (χ3n) is 4.27. The summed E-state index contributed by atoms with van der Waals surface area (Å²) in [7, 11) is -1.66. The number of rotatable bonds is 6. The molecule has 2 rings (SSSR count). The second-order valence-electron chi connectivity index (χ2n) is 5.72. The Morgan fingerprint density at radius 3 is 2.85 bits per heavy atom. The molecule has 20 heavy (non-hydrogen) atoms.